The molecule has 0 fully saturated rings. The van der Waals surface area contributed by atoms with Crippen molar-refractivity contribution in [3.8, 4) is 0 Å². The minimum atomic E-state index is -1.66. The summed E-state index contributed by atoms with van der Waals surface area (Å²) < 4.78 is 6.76. The first-order valence-corrected chi connectivity index (χ1v) is 12.1. The topological polar surface area (TPSA) is 29.5 Å². The van der Waals surface area contributed by atoms with Crippen molar-refractivity contribution in [2.24, 2.45) is 11.8 Å². The van der Waals surface area contributed by atoms with E-state index in [2.05, 4.69) is 65.0 Å². The van der Waals surface area contributed by atoms with E-state index < -0.39 is 8.32 Å². The lowest BCUT2D eigenvalue weighted by molar-refractivity contribution is 0.0181. The third-order valence-corrected chi connectivity index (χ3v) is 10.8. The molecule has 1 aliphatic carbocycles. The molecule has 0 radical (unpaired) electrons. The maximum atomic E-state index is 10.9. The molecule has 1 N–H and O–H groups in total. The molecule has 1 aromatic carbocycles. The van der Waals surface area contributed by atoms with Crippen LogP contribution in [0.2, 0.25) is 18.1 Å². The largest absolute Gasteiger partial charge is 0.413 e. The highest BCUT2D eigenvalue weighted by molar-refractivity contribution is 6.73. The van der Waals surface area contributed by atoms with Crippen molar-refractivity contribution in [1.29, 1.82) is 0 Å². The summed E-state index contributed by atoms with van der Waals surface area (Å²) in [5.41, 5.74) is 2.49. The Balaban J connectivity index is 2.28. The second kappa shape index (κ2) is 8.46. The Hall–Kier alpha value is -0.903. The summed E-state index contributed by atoms with van der Waals surface area (Å²) in [5, 5.41) is 10.9. The summed E-state index contributed by atoms with van der Waals surface area (Å²) >= 11 is 0. The van der Waals surface area contributed by atoms with Gasteiger partial charge in [0.25, 0.3) is 0 Å². The van der Waals surface area contributed by atoms with E-state index in [4.69, 9.17) is 4.43 Å². The van der Waals surface area contributed by atoms with Crippen molar-refractivity contribution in [1.82, 2.24) is 0 Å². The Labute approximate surface area is 149 Å². The molecule has 0 saturated heterocycles. The van der Waals surface area contributed by atoms with Crippen LogP contribution in [0.25, 0.3) is 5.57 Å². The van der Waals surface area contributed by atoms with Crippen LogP contribution in [0, 0.1) is 11.8 Å². The van der Waals surface area contributed by atoms with Gasteiger partial charge in [-0.2, -0.15) is 0 Å². The molecular formula is C21H34O2Si. The maximum absolute atomic E-state index is 10.9. The van der Waals surface area contributed by atoms with Gasteiger partial charge < -0.3 is 9.53 Å². The van der Waals surface area contributed by atoms with Crippen LogP contribution in [0.4, 0.5) is 0 Å². The fraction of sp³-hybridized carbons (Fsp3) is 0.619. The van der Waals surface area contributed by atoms with E-state index in [1.54, 1.807) is 0 Å². The number of hydrogen-bond acceptors (Lipinski definition) is 2. The highest BCUT2D eigenvalue weighted by Gasteiger charge is 2.38. The Kier molecular flexibility index (Phi) is 6.85. The van der Waals surface area contributed by atoms with Crippen molar-refractivity contribution in [3.63, 3.8) is 0 Å². The van der Waals surface area contributed by atoms with E-state index in [9.17, 15) is 5.11 Å². The standard InChI is InChI=1S/C21H34O2Si/c1-6-24(7-2,8-3)23-20-15-14-19(16(4)21(22)17(20)5)18-12-10-9-11-13-18/h9-14,16-17,20-22H,6-8,15H2,1-5H3/t16-,17-,20?,21+/m1/s1. The molecule has 1 aromatic rings. The molecule has 4 atom stereocenters. The molecular weight excluding hydrogens is 312 g/mol. The molecule has 0 heterocycles. The second-order valence-corrected chi connectivity index (χ2v) is 12.0. The van der Waals surface area contributed by atoms with Gasteiger partial charge in [0.2, 0.25) is 0 Å². The molecule has 0 saturated carbocycles. The first-order chi connectivity index (χ1) is 11.5. The quantitative estimate of drug-likeness (QED) is 0.689. The minimum absolute atomic E-state index is 0.134. The molecule has 24 heavy (non-hydrogen) atoms. The molecule has 1 unspecified atom stereocenters. The summed E-state index contributed by atoms with van der Waals surface area (Å²) in [6.45, 7) is 11.1. The van der Waals surface area contributed by atoms with Crippen molar-refractivity contribution in [3.05, 3.63) is 42.0 Å². The molecule has 2 rings (SSSR count). The first kappa shape index (κ1) is 19.4. The SMILES string of the molecule is CC[Si](CC)(CC)OC1CC=C(c2ccccc2)[C@@H](C)[C@H](O)[C@@H]1C. The van der Waals surface area contributed by atoms with E-state index in [1.165, 1.54) is 11.1 Å². The van der Waals surface area contributed by atoms with Gasteiger partial charge in [0.1, 0.15) is 0 Å². The average Bonchev–Trinajstić information content (AvgIpc) is 2.73. The lowest BCUT2D eigenvalue weighted by Crippen LogP contribution is -2.44. The van der Waals surface area contributed by atoms with Gasteiger partial charge in [-0.25, -0.2) is 0 Å². The first-order valence-electron chi connectivity index (χ1n) is 9.59. The number of rotatable bonds is 6. The Bertz CT molecular complexity index is 528. The van der Waals surface area contributed by atoms with Gasteiger partial charge in [-0.3, -0.25) is 0 Å². The molecule has 2 nitrogen and oxygen atoms in total. The zero-order valence-corrected chi connectivity index (χ0v) is 17.0. The highest BCUT2D eigenvalue weighted by atomic mass is 28.4. The number of hydrogen-bond donors (Lipinski definition) is 1. The van der Waals surface area contributed by atoms with E-state index in [0.29, 0.717) is 0 Å². The van der Waals surface area contributed by atoms with Gasteiger partial charge in [-0.05, 0) is 35.7 Å². The van der Waals surface area contributed by atoms with Crippen LogP contribution < -0.4 is 0 Å². The molecule has 3 heteroatoms. The summed E-state index contributed by atoms with van der Waals surface area (Å²) in [6.07, 6.45) is 3.00. The van der Waals surface area contributed by atoms with E-state index >= 15 is 0 Å². The fourth-order valence-corrected chi connectivity index (χ4v) is 6.94. The van der Waals surface area contributed by atoms with Crippen molar-refractivity contribution < 1.29 is 9.53 Å². The Morgan fingerprint density at radius 2 is 1.62 bits per heavy atom. The summed E-state index contributed by atoms with van der Waals surface area (Å²) in [4.78, 5) is 0. The monoisotopic (exact) mass is 346 g/mol. The Morgan fingerprint density at radius 1 is 1.04 bits per heavy atom. The van der Waals surface area contributed by atoms with Gasteiger partial charge in [0, 0.05) is 11.8 Å². The molecule has 0 amide bonds. The maximum Gasteiger partial charge on any atom is 0.192 e. The zero-order valence-electron chi connectivity index (χ0n) is 16.0. The van der Waals surface area contributed by atoms with Gasteiger partial charge in [0.15, 0.2) is 8.32 Å². The normalized spacial score (nSPS) is 28.3. The van der Waals surface area contributed by atoms with Crippen molar-refractivity contribution >= 4 is 13.9 Å². The van der Waals surface area contributed by atoms with Crippen LogP contribution in [0.5, 0.6) is 0 Å². The van der Waals surface area contributed by atoms with Crippen LogP contribution in [0.15, 0.2) is 36.4 Å². The number of benzene rings is 1. The van der Waals surface area contributed by atoms with E-state index in [-0.39, 0.29) is 24.0 Å². The summed E-state index contributed by atoms with van der Waals surface area (Å²) in [7, 11) is -1.66. The van der Waals surface area contributed by atoms with Crippen LogP contribution >= 0.6 is 0 Å². The molecule has 134 valence electrons. The van der Waals surface area contributed by atoms with Crippen LogP contribution in [0.3, 0.4) is 0 Å². The number of aliphatic hydroxyl groups is 1. The fourth-order valence-electron chi connectivity index (χ4n) is 3.99. The van der Waals surface area contributed by atoms with Crippen LogP contribution in [-0.2, 0) is 4.43 Å². The molecule has 1 aliphatic rings. The lowest BCUT2D eigenvalue weighted by Gasteiger charge is -2.37. The van der Waals surface area contributed by atoms with Gasteiger partial charge >= 0.3 is 0 Å². The lowest BCUT2D eigenvalue weighted by atomic mass is 9.85. The predicted molar refractivity (Wildman–Crippen MR) is 105 cm³/mol. The smallest absolute Gasteiger partial charge is 0.192 e. The highest BCUT2D eigenvalue weighted by Crippen LogP contribution is 2.37. The van der Waals surface area contributed by atoms with E-state index in [0.717, 1.165) is 24.6 Å². The average molecular weight is 347 g/mol. The summed E-state index contributed by atoms with van der Waals surface area (Å²) in [6, 6.07) is 13.9. The van der Waals surface area contributed by atoms with Gasteiger partial charge in [0.05, 0.1) is 12.2 Å². The molecule has 0 aliphatic heterocycles. The van der Waals surface area contributed by atoms with E-state index in [1.807, 2.05) is 6.07 Å². The third kappa shape index (κ3) is 4.01. The number of aliphatic hydroxyl groups excluding tert-OH is 1. The van der Waals surface area contributed by atoms with Gasteiger partial charge in [-0.1, -0.05) is 71.0 Å². The van der Waals surface area contributed by atoms with Crippen LogP contribution in [-0.4, -0.2) is 25.6 Å². The zero-order chi connectivity index (χ0) is 17.7. The predicted octanol–water partition coefficient (Wildman–Crippen LogP) is 5.50. The van der Waals surface area contributed by atoms with Crippen LogP contribution in [0.1, 0.15) is 46.6 Å². The molecule has 0 aromatic heterocycles. The minimum Gasteiger partial charge on any atom is -0.413 e. The van der Waals surface area contributed by atoms with Crippen molar-refractivity contribution in [2.75, 3.05) is 0 Å². The van der Waals surface area contributed by atoms with Gasteiger partial charge in [-0.15, -0.1) is 0 Å². The van der Waals surface area contributed by atoms with Crippen molar-refractivity contribution in [2.45, 2.75) is 71.4 Å². The molecule has 0 bridgehead atoms. The Morgan fingerprint density at radius 3 is 2.17 bits per heavy atom. The third-order valence-electron chi connectivity index (χ3n) is 6.14. The second-order valence-electron chi connectivity index (χ2n) is 7.30. The molecule has 0 spiro atoms. The summed E-state index contributed by atoms with van der Waals surface area (Å²) in [5.74, 6) is 0.297.